The van der Waals surface area contributed by atoms with Crippen molar-refractivity contribution >= 4 is 16.9 Å². The van der Waals surface area contributed by atoms with Crippen LogP contribution in [-0.2, 0) is 4.79 Å². The van der Waals surface area contributed by atoms with Gasteiger partial charge in [0.05, 0.1) is 6.42 Å². The van der Waals surface area contributed by atoms with E-state index in [-0.39, 0.29) is 12.3 Å². The molecule has 0 saturated heterocycles. The van der Waals surface area contributed by atoms with E-state index in [9.17, 15) is 9.90 Å². The normalized spacial score (nSPS) is 17.9. The molecule has 0 aliphatic heterocycles. The number of aromatic amines is 1. The summed E-state index contributed by atoms with van der Waals surface area (Å²) in [6.45, 7) is 0. The van der Waals surface area contributed by atoms with Crippen LogP contribution in [0.25, 0.3) is 10.9 Å². The highest BCUT2D eigenvalue weighted by Crippen LogP contribution is 2.41. The van der Waals surface area contributed by atoms with Crippen LogP contribution < -0.4 is 0 Å². The number of hydrogen-bond acceptors (Lipinski definition) is 1. The number of H-pyrrole nitrogens is 1. The first-order valence-electron chi connectivity index (χ1n) is 7.03. The summed E-state index contributed by atoms with van der Waals surface area (Å²) in [7, 11) is 0. The van der Waals surface area contributed by atoms with Crippen molar-refractivity contribution in [2.45, 2.75) is 38.0 Å². The minimum absolute atomic E-state index is 0.149. The lowest BCUT2D eigenvalue weighted by Crippen LogP contribution is -2.14. The van der Waals surface area contributed by atoms with E-state index in [1.54, 1.807) is 0 Å². The van der Waals surface area contributed by atoms with Crippen molar-refractivity contribution in [3.05, 3.63) is 36.0 Å². The molecular weight excluding hydrogens is 238 g/mol. The highest BCUT2D eigenvalue weighted by Gasteiger charge is 2.29. The van der Waals surface area contributed by atoms with Gasteiger partial charge in [0.1, 0.15) is 0 Å². The van der Waals surface area contributed by atoms with Crippen LogP contribution in [-0.4, -0.2) is 16.1 Å². The molecule has 2 aromatic rings. The number of hydrogen-bond donors (Lipinski definition) is 2. The van der Waals surface area contributed by atoms with Gasteiger partial charge in [0.15, 0.2) is 0 Å². The molecule has 19 heavy (non-hydrogen) atoms. The predicted octanol–water partition coefficient (Wildman–Crippen LogP) is 3.92. The van der Waals surface area contributed by atoms with Crippen molar-refractivity contribution < 1.29 is 9.90 Å². The highest BCUT2D eigenvalue weighted by molar-refractivity contribution is 5.84. The van der Waals surface area contributed by atoms with Crippen LogP contribution in [0.3, 0.4) is 0 Å². The van der Waals surface area contributed by atoms with Crippen LogP contribution in [0.15, 0.2) is 30.5 Å². The fraction of sp³-hybridized carbons (Fsp3) is 0.438. The van der Waals surface area contributed by atoms with Crippen molar-refractivity contribution in [2.75, 3.05) is 0 Å². The lowest BCUT2D eigenvalue weighted by molar-refractivity contribution is -0.137. The molecule has 3 nitrogen and oxygen atoms in total. The molecule has 0 amide bonds. The lowest BCUT2D eigenvalue weighted by atomic mass is 9.82. The average molecular weight is 257 g/mol. The summed E-state index contributed by atoms with van der Waals surface area (Å²) in [6.07, 6.45) is 7.06. The number of aliphatic carboxylic acids is 1. The number of carboxylic acids is 1. The van der Waals surface area contributed by atoms with E-state index in [1.807, 2.05) is 24.4 Å². The number of rotatable bonds is 4. The average Bonchev–Trinajstić information content (AvgIpc) is 3.05. The van der Waals surface area contributed by atoms with Gasteiger partial charge in [-0.1, -0.05) is 31.0 Å². The summed E-state index contributed by atoms with van der Waals surface area (Å²) in [5.74, 6) is -0.0198. The van der Waals surface area contributed by atoms with E-state index in [1.165, 1.54) is 23.8 Å². The Morgan fingerprint density at radius 2 is 2.05 bits per heavy atom. The van der Waals surface area contributed by atoms with Gasteiger partial charge >= 0.3 is 5.97 Å². The van der Waals surface area contributed by atoms with Crippen molar-refractivity contribution in [3.8, 4) is 0 Å². The Hall–Kier alpha value is -1.77. The molecule has 0 radical (unpaired) electrons. The Balaban J connectivity index is 2.00. The van der Waals surface area contributed by atoms with Crippen molar-refractivity contribution in [2.24, 2.45) is 5.92 Å². The van der Waals surface area contributed by atoms with Gasteiger partial charge in [-0.25, -0.2) is 0 Å². The second-order valence-electron chi connectivity index (χ2n) is 5.54. The second kappa shape index (κ2) is 5.08. The lowest BCUT2D eigenvalue weighted by Gasteiger charge is -2.21. The highest BCUT2D eigenvalue weighted by atomic mass is 16.4. The minimum atomic E-state index is -0.692. The fourth-order valence-electron chi connectivity index (χ4n) is 3.48. The zero-order valence-corrected chi connectivity index (χ0v) is 10.9. The maximum absolute atomic E-state index is 11.2. The van der Waals surface area contributed by atoms with Crippen LogP contribution >= 0.6 is 0 Å². The molecule has 1 atom stereocenters. The summed E-state index contributed by atoms with van der Waals surface area (Å²) in [5, 5.41) is 10.4. The fourth-order valence-corrected chi connectivity index (χ4v) is 3.48. The molecule has 1 saturated carbocycles. The van der Waals surface area contributed by atoms with Gasteiger partial charge in [0, 0.05) is 17.1 Å². The van der Waals surface area contributed by atoms with Crippen molar-refractivity contribution in [1.82, 2.24) is 4.98 Å². The minimum Gasteiger partial charge on any atom is -0.481 e. The van der Waals surface area contributed by atoms with Crippen LogP contribution in [0.1, 0.15) is 43.6 Å². The monoisotopic (exact) mass is 257 g/mol. The van der Waals surface area contributed by atoms with Gasteiger partial charge in [0.25, 0.3) is 0 Å². The largest absolute Gasteiger partial charge is 0.481 e. The summed E-state index contributed by atoms with van der Waals surface area (Å²) < 4.78 is 0. The molecule has 1 fully saturated rings. The van der Waals surface area contributed by atoms with E-state index >= 15 is 0 Å². The van der Waals surface area contributed by atoms with Gasteiger partial charge in [-0.2, -0.15) is 0 Å². The Labute approximate surface area is 112 Å². The molecule has 3 heteroatoms. The first kappa shape index (κ1) is 12.3. The topological polar surface area (TPSA) is 53.1 Å². The second-order valence-corrected chi connectivity index (χ2v) is 5.54. The van der Waals surface area contributed by atoms with Gasteiger partial charge in [-0.3, -0.25) is 4.79 Å². The van der Waals surface area contributed by atoms with Crippen molar-refractivity contribution in [1.29, 1.82) is 0 Å². The third-order valence-electron chi connectivity index (χ3n) is 4.38. The first-order chi connectivity index (χ1) is 9.25. The molecule has 3 rings (SSSR count). The quantitative estimate of drug-likeness (QED) is 0.872. The number of fused-ring (bicyclic) bond motifs is 1. The molecule has 2 N–H and O–H groups in total. The molecule has 0 bridgehead atoms. The molecule has 1 aromatic carbocycles. The molecule has 0 spiro atoms. The maximum Gasteiger partial charge on any atom is 0.303 e. The zero-order chi connectivity index (χ0) is 13.2. The zero-order valence-electron chi connectivity index (χ0n) is 10.9. The Bertz CT molecular complexity index is 581. The van der Waals surface area contributed by atoms with E-state index in [0.717, 1.165) is 18.4 Å². The van der Waals surface area contributed by atoms with Crippen molar-refractivity contribution in [3.63, 3.8) is 0 Å². The first-order valence-corrected chi connectivity index (χ1v) is 7.03. The SMILES string of the molecule is O=C(O)CC(c1c[nH]c2ccccc12)C1CCCC1. The number of nitrogens with one attached hydrogen (secondary N) is 1. The maximum atomic E-state index is 11.2. The van der Waals surface area contributed by atoms with Gasteiger partial charge in [-0.15, -0.1) is 0 Å². The molecule has 100 valence electrons. The molecule has 1 aromatic heterocycles. The van der Waals surface area contributed by atoms with E-state index in [0.29, 0.717) is 5.92 Å². The summed E-state index contributed by atoms with van der Waals surface area (Å²) >= 11 is 0. The smallest absolute Gasteiger partial charge is 0.303 e. The Morgan fingerprint density at radius 1 is 1.32 bits per heavy atom. The number of benzene rings is 1. The molecule has 1 unspecified atom stereocenters. The van der Waals surface area contributed by atoms with Crippen LogP contribution in [0.4, 0.5) is 0 Å². The van der Waals surface area contributed by atoms with Gasteiger partial charge in [-0.05, 0) is 36.3 Å². The van der Waals surface area contributed by atoms with Gasteiger partial charge in [0.2, 0.25) is 0 Å². The van der Waals surface area contributed by atoms with Crippen LogP contribution in [0, 0.1) is 5.92 Å². The summed E-state index contributed by atoms with van der Waals surface area (Å²) in [4.78, 5) is 14.5. The predicted molar refractivity (Wildman–Crippen MR) is 75.3 cm³/mol. The molecule has 1 heterocycles. The Morgan fingerprint density at radius 3 is 2.79 bits per heavy atom. The molecule has 1 aliphatic carbocycles. The number of carbonyl (C=O) groups is 1. The standard InChI is InChI=1S/C16H19NO2/c18-16(19)9-13(11-5-1-2-6-11)14-10-17-15-8-4-3-7-12(14)15/h3-4,7-8,10-11,13,17H,1-2,5-6,9H2,(H,18,19). The Kier molecular flexibility index (Phi) is 3.28. The van der Waals surface area contributed by atoms with E-state index < -0.39 is 5.97 Å². The molecular formula is C16H19NO2. The third-order valence-corrected chi connectivity index (χ3v) is 4.38. The summed E-state index contributed by atoms with van der Waals surface area (Å²) in [6, 6.07) is 8.16. The number of aromatic nitrogens is 1. The van der Waals surface area contributed by atoms with Crippen LogP contribution in [0.2, 0.25) is 0 Å². The third kappa shape index (κ3) is 2.37. The van der Waals surface area contributed by atoms with E-state index in [4.69, 9.17) is 0 Å². The molecule has 1 aliphatic rings. The van der Waals surface area contributed by atoms with Crippen LogP contribution in [0.5, 0.6) is 0 Å². The summed E-state index contributed by atoms with van der Waals surface area (Å²) in [5.41, 5.74) is 2.29. The van der Waals surface area contributed by atoms with Gasteiger partial charge < -0.3 is 10.1 Å². The number of para-hydroxylation sites is 1. The number of carboxylic acid groups (broad SMARTS) is 1. The van der Waals surface area contributed by atoms with E-state index in [2.05, 4.69) is 11.1 Å².